The molecule has 0 saturated carbocycles. The first-order valence-electron chi connectivity index (χ1n) is 16.8. The van der Waals surface area contributed by atoms with E-state index >= 15 is 0 Å². The van der Waals surface area contributed by atoms with E-state index in [9.17, 15) is 13.0 Å². The van der Waals surface area contributed by atoms with Gasteiger partial charge in [-0.25, -0.2) is 5.26 Å². The van der Waals surface area contributed by atoms with Crippen molar-refractivity contribution in [2.75, 3.05) is 19.0 Å². The fourth-order valence-corrected chi connectivity index (χ4v) is 9.95. The summed E-state index contributed by atoms with van der Waals surface area (Å²) in [5.74, 6) is 0. The molecule has 3 aliphatic rings. The van der Waals surface area contributed by atoms with Crippen LogP contribution in [-0.4, -0.2) is 42.6 Å². The SMILES string of the molecule is CN1/C(=C/C=C2\CCCC(/C=C/C3=[N+](C)c4ccc5c(SOOO)cccc5c4C3(C)C)=C2Cl)C(C)(C)c2c1ccc1c(S(=O)(=O)O)cccc21. The number of allylic oxidation sites excluding steroid dienone is 8. The van der Waals surface area contributed by atoms with Crippen LogP contribution in [-0.2, 0) is 30.3 Å². The molecule has 2 heterocycles. The molecular formula is C40H40ClN2O6S2+. The van der Waals surface area contributed by atoms with Gasteiger partial charge >= 0.3 is 0 Å². The van der Waals surface area contributed by atoms with Gasteiger partial charge in [0.25, 0.3) is 10.1 Å². The second kappa shape index (κ2) is 13.0. The van der Waals surface area contributed by atoms with Gasteiger partial charge in [-0.15, -0.1) is 4.33 Å². The lowest BCUT2D eigenvalue weighted by Crippen LogP contribution is -2.27. The van der Waals surface area contributed by atoms with Crippen LogP contribution < -0.4 is 4.90 Å². The van der Waals surface area contributed by atoms with Crippen molar-refractivity contribution < 1.29 is 32.2 Å². The van der Waals surface area contributed by atoms with E-state index < -0.39 is 15.5 Å². The molecule has 0 radical (unpaired) electrons. The molecule has 4 aromatic carbocycles. The average Bonchev–Trinajstić information content (AvgIpc) is 3.42. The normalized spacial score (nSPS) is 20.1. The molecule has 2 N–H and O–H groups in total. The maximum absolute atomic E-state index is 12.2. The van der Waals surface area contributed by atoms with Crippen molar-refractivity contribution in [2.45, 2.75) is 67.6 Å². The van der Waals surface area contributed by atoms with Gasteiger partial charge in [-0.3, -0.25) is 4.55 Å². The molecule has 0 spiro atoms. The number of hydrogen-bond acceptors (Lipinski definition) is 7. The Morgan fingerprint density at radius 2 is 1.59 bits per heavy atom. The summed E-state index contributed by atoms with van der Waals surface area (Å²) in [4.78, 5) is 2.91. The van der Waals surface area contributed by atoms with E-state index in [0.29, 0.717) is 5.39 Å². The van der Waals surface area contributed by atoms with Gasteiger partial charge in [-0.2, -0.15) is 13.0 Å². The maximum atomic E-state index is 12.2. The van der Waals surface area contributed by atoms with E-state index in [1.807, 2.05) is 31.3 Å². The van der Waals surface area contributed by atoms with Gasteiger partial charge < -0.3 is 4.90 Å². The first-order chi connectivity index (χ1) is 24.2. The summed E-state index contributed by atoms with van der Waals surface area (Å²) in [6.45, 7) is 8.75. The summed E-state index contributed by atoms with van der Waals surface area (Å²) < 4.78 is 41.2. The van der Waals surface area contributed by atoms with Crippen molar-refractivity contribution in [2.24, 2.45) is 0 Å². The minimum Gasteiger partial charge on any atom is -0.347 e. The number of anilines is 1. The highest BCUT2D eigenvalue weighted by molar-refractivity contribution is 7.94. The molecule has 11 heteroatoms. The van der Waals surface area contributed by atoms with Crippen LogP contribution in [0.15, 0.2) is 117 Å². The molecule has 0 aromatic heterocycles. The van der Waals surface area contributed by atoms with Gasteiger partial charge in [0.15, 0.2) is 5.71 Å². The van der Waals surface area contributed by atoms with Gasteiger partial charge in [0.1, 0.15) is 11.9 Å². The van der Waals surface area contributed by atoms with Crippen molar-refractivity contribution in [3.63, 3.8) is 0 Å². The van der Waals surface area contributed by atoms with Gasteiger partial charge in [0.2, 0.25) is 5.69 Å². The lowest BCUT2D eigenvalue weighted by Gasteiger charge is -2.25. The Balaban J connectivity index is 1.21. The molecule has 0 fully saturated rings. The lowest BCUT2D eigenvalue weighted by molar-refractivity contribution is -0.432. The van der Waals surface area contributed by atoms with Gasteiger partial charge in [-0.1, -0.05) is 73.0 Å². The largest absolute Gasteiger partial charge is 0.347 e. The Bertz CT molecular complexity index is 2410. The van der Waals surface area contributed by atoms with Crippen molar-refractivity contribution in [3.8, 4) is 0 Å². The van der Waals surface area contributed by atoms with Gasteiger partial charge in [-0.05, 0) is 96.3 Å². The topological polar surface area (TPSA) is 99.3 Å². The van der Waals surface area contributed by atoms with Crippen molar-refractivity contribution in [1.29, 1.82) is 0 Å². The van der Waals surface area contributed by atoms with Crippen LogP contribution in [0.1, 0.15) is 58.1 Å². The van der Waals surface area contributed by atoms with E-state index in [0.717, 1.165) is 96.9 Å². The Kier molecular flexibility index (Phi) is 9.11. The fourth-order valence-electron chi connectivity index (χ4n) is 8.42. The third kappa shape index (κ3) is 5.87. The van der Waals surface area contributed by atoms with E-state index in [2.05, 4.69) is 91.8 Å². The van der Waals surface area contributed by atoms with Crippen molar-refractivity contribution >= 4 is 72.4 Å². The van der Waals surface area contributed by atoms with Crippen LogP contribution in [0, 0.1) is 0 Å². The summed E-state index contributed by atoms with van der Waals surface area (Å²) in [6, 6.07) is 19.0. The summed E-state index contributed by atoms with van der Waals surface area (Å²) in [6.07, 6.45) is 11.3. The third-order valence-electron chi connectivity index (χ3n) is 10.7. The summed E-state index contributed by atoms with van der Waals surface area (Å²) >= 11 is 8.13. The molecule has 0 unspecified atom stereocenters. The molecule has 2 aliphatic heterocycles. The molecule has 51 heavy (non-hydrogen) atoms. The van der Waals surface area contributed by atoms with Crippen LogP contribution in [0.25, 0.3) is 21.5 Å². The van der Waals surface area contributed by atoms with Crippen LogP contribution in [0.3, 0.4) is 0 Å². The average molecular weight is 744 g/mol. The monoisotopic (exact) mass is 743 g/mol. The van der Waals surface area contributed by atoms with E-state index in [1.165, 1.54) is 11.6 Å². The van der Waals surface area contributed by atoms with Crippen LogP contribution in [0.2, 0.25) is 0 Å². The zero-order chi connectivity index (χ0) is 36.5. The molecule has 0 amide bonds. The van der Waals surface area contributed by atoms with E-state index in [1.54, 1.807) is 12.1 Å². The molecule has 0 atom stereocenters. The first kappa shape index (κ1) is 35.7. The molecule has 1 aliphatic carbocycles. The number of benzene rings is 4. The Hall–Kier alpha value is -3.74. The summed E-state index contributed by atoms with van der Waals surface area (Å²) in [5, 5.41) is 16.8. The second-order valence-corrected chi connectivity index (χ2v) is 16.9. The first-order valence-corrected chi connectivity index (χ1v) is 19.3. The molecule has 8 nitrogen and oxygen atoms in total. The lowest BCUT2D eigenvalue weighted by atomic mass is 9.78. The number of likely N-dealkylation sites (N-methyl/N-ethyl adjacent to an activating group) is 1. The Morgan fingerprint density at radius 1 is 0.882 bits per heavy atom. The highest BCUT2D eigenvalue weighted by atomic mass is 35.5. The molecule has 4 aromatic rings. The number of rotatable bonds is 7. The zero-order valence-corrected chi connectivity index (χ0v) is 31.7. The number of nitrogens with zero attached hydrogens (tertiary/aromatic N) is 2. The summed E-state index contributed by atoms with van der Waals surface area (Å²) in [5.41, 5.74) is 8.01. The van der Waals surface area contributed by atoms with E-state index in [-0.39, 0.29) is 10.3 Å². The predicted octanol–water partition coefficient (Wildman–Crippen LogP) is 10.1. The minimum absolute atomic E-state index is 0.0868. The standard InChI is InChI=1S/C40H39ClN2O6S2/c1-39(2)34(42(5)30-20-18-26-28(36(30)39)12-8-14-32(26)50-49-48-44)22-16-24-10-7-11-25(38(24)41)17-23-35-40(3,4)37-29-13-9-15-33(51(45,46)47)27(29)19-21-31(37)43(35)6/h8-9,12-23H,7,10-11H2,1-6H3,(H-,44,45,46,47)/p+1. The summed E-state index contributed by atoms with van der Waals surface area (Å²) in [7, 11) is -0.255. The smallest absolute Gasteiger partial charge is 0.295 e. The Labute approximate surface area is 307 Å². The molecule has 7 rings (SSSR count). The zero-order valence-electron chi connectivity index (χ0n) is 29.3. The highest BCUT2D eigenvalue weighted by Gasteiger charge is 2.44. The van der Waals surface area contributed by atoms with E-state index in [4.69, 9.17) is 21.2 Å². The van der Waals surface area contributed by atoms with Gasteiger partial charge in [0.05, 0.1) is 17.5 Å². The fraction of sp³-hybridized carbons (Fsp3) is 0.275. The minimum atomic E-state index is -4.38. The second-order valence-electron chi connectivity index (χ2n) is 14.3. The van der Waals surface area contributed by atoms with Gasteiger partial charge in [0, 0.05) is 56.9 Å². The third-order valence-corrected chi connectivity index (χ3v) is 12.8. The molecule has 0 saturated heterocycles. The van der Waals surface area contributed by atoms with Crippen LogP contribution in [0.4, 0.5) is 11.4 Å². The number of fused-ring (bicyclic) bond motifs is 6. The maximum Gasteiger partial charge on any atom is 0.295 e. The van der Waals surface area contributed by atoms with Crippen LogP contribution in [0.5, 0.6) is 0 Å². The number of hydrogen-bond donors (Lipinski definition) is 2. The molecular weight excluding hydrogens is 704 g/mol. The number of halogens is 1. The highest BCUT2D eigenvalue weighted by Crippen LogP contribution is 2.51. The van der Waals surface area contributed by atoms with Crippen molar-refractivity contribution in [3.05, 3.63) is 118 Å². The Morgan fingerprint density at radius 3 is 2.31 bits per heavy atom. The quantitative estimate of drug-likeness (QED) is 0.0635. The van der Waals surface area contributed by atoms with Crippen molar-refractivity contribution in [1.82, 2.24) is 0 Å². The molecule has 0 bridgehead atoms. The van der Waals surface area contributed by atoms with Crippen LogP contribution >= 0.6 is 23.6 Å². The molecule has 264 valence electrons. The predicted molar refractivity (Wildman–Crippen MR) is 206 cm³/mol.